The lowest BCUT2D eigenvalue weighted by molar-refractivity contribution is -0.145. The van der Waals surface area contributed by atoms with E-state index in [9.17, 15) is 18.0 Å². The van der Waals surface area contributed by atoms with E-state index in [1.54, 1.807) is 18.7 Å². The van der Waals surface area contributed by atoms with E-state index in [0.717, 1.165) is 40.3 Å². The molecule has 0 bridgehead atoms. The number of hydrogen-bond donors (Lipinski definition) is 0. The van der Waals surface area contributed by atoms with Crippen LogP contribution in [0.3, 0.4) is 0 Å². The maximum absolute atomic E-state index is 13.0. The molecule has 0 unspecified atom stereocenters. The molecule has 8 heteroatoms. The van der Waals surface area contributed by atoms with Crippen molar-refractivity contribution in [1.82, 2.24) is 0 Å². The second-order valence-electron chi connectivity index (χ2n) is 9.43. The largest absolute Gasteiger partial charge is 0.482 e. The highest BCUT2D eigenvalue weighted by atomic mass is 32.2. The number of hydrogen-bond acceptors (Lipinski definition) is 5. The molecule has 1 heterocycles. The van der Waals surface area contributed by atoms with Crippen LogP contribution in [0.4, 0.5) is 13.2 Å². The molecular formula is C32H31F3O4S. The number of rotatable bonds is 11. The molecule has 0 saturated heterocycles. The fraction of sp³-hybridized carbons (Fsp3) is 0.281. The molecule has 0 N–H and O–H groups in total. The van der Waals surface area contributed by atoms with Gasteiger partial charge in [-0.1, -0.05) is 42.0 Å². The number of carbonyl (C=O) groups excluding carboxylic acids is 1. The summed E-state index contributed by atoms with van der Waals surface area (Å²) in [6.07, 6.45) is -2.94. The van der Waals surface area contributed by atoms with Crippen LogP contribution in [0, 0.1) is 13.8 Å². The van der Waals surface area contributed by atoms with Crippen LogP contribution in [0.2, 0.25) is 0 Å². The van der Waals surface area contributed by atoms with Crippen LogP contribution in [0.15, 0.2) is 82.1 Å². The monoisotopic (exact) mass is 568 g/mol. The van der Waals surface area contributed by atoms with Crippen molar-refractivity contribution in [2.75, 3.05) is 13.2 Å². The van der Waals surface area contributed by atoms with Gasteiger partial charge in [0.2, 0.25) is 0 Å². The fourth-order valence-corrected chi connectivity index (χ4v) is 5.14. The number of alkyl halides is 3. The maximum atomic E-state index is 13.0. The van der Waals surface area contributed by atoms with Gasteiger partial charge < -0.3 is 13.9 Å². The molecule has 4 rings (SSSR count). The SMILES string of the molecule is CCOC(=O)COc1ccc(SCc2cc(-c3ccc(C(F)(F)F)cc3)oc2CCc2ccc(C)cc2)cc1C. The minimum atomic E-state index is -4.39. The van der Waals surface area contributed by atoms with Crippen molar-refractivity contribution in [2.45, 2.75) is 50.4 Å². The first-order chi connectivity index (χ1) is 19.1. The van der Waals surface area contributed by atoms with Crippen LogP contribution in [-0.2, 0) is 34.3 Å². The molecule has 0 radical (unpaired) electrons. The molecule has 0 saturated carbocycles. The van der Waals surface area contributed by atoms with Gasteiger partial charge in [-0.3, -0.25) is 0 Å². The minimum absolute atomic E-state index is 0.146. The average molecular weight is 569 g/mol. The second kappa shape index (κ2) is 13.1. The van der Waals surface area contributed by atoms with Gasteiger partial charge in [-0.2, -0.15) is 13.2 Å². The van der Waals surface area contributed by atoms with Gasteiger partial charge in [0.15, 0.2) is 6.61 Å². The Morgan fingerprint density at radius 2 is 1.65 bits per heavy atom. The highest BCUT2D eigenvalue weighted by Gasteiger charge is 2.30. The van der Waals surface area contributed by atoms with Crippen LogP contribution < -0.4 is 4.74 Å². The van der Waals surface area contributed by atoms with E-state index in [0.29, 0.717) is 35.9 Å². The van der Waals surface area contributed by atoms with E-state index in [1.807, 2.05) is 38.1 Å². The lowest BCUT2D eigenvalue weighted by Crippen LogP contribution is -2.14. The molecule has 0 aliphatic carbocycles. The number of halogens is 3. The molecule has 0 spiro atoms. The standard InChI is InChI=1S/C32H31F3O4S/c1-4-37-31(36)19-38-28-16-14-27(17-22(28)3)40-20-25-18-30(24-10-12-26(13-11-24)32(33,34)35)39-29(25)15-9-23-7-5-21(2)6-8-23/h5-8,10-14,16-18H,4,9,15,19-20H2,1-3H3. The molecular weight excluding hydrogens is 537 g/mol. The Bertz CT molecular complexity index is 1420. The third kappa shape index (κ3) is 7.94. The smallest absolute Gasteiger partial charge is 0.416 e. The quantitative estimate of drug-likeness (QED) is 0.134. The van der Waals surface area contributed by atoms with Crippen molar-refractivity contribution in [3.8, 4) is 17.1 Å². The highest BCUT2D eigenvalue weighted by molar-refractivity contribution is 7.98. The van der Waals surface area contributed by atoms with Crippen molar-refractivity contribution >= 4 is 17.7 Å². The number of aryl methyl sites for hydroxylation is 4. The molecule has 3 aromatic carbocycles. The van der Waals surface area contributed by atoms with Gasteiger partial charge in [-0.25, -0.2) is 4.79 Å². The number of esters is 1. The van der Waals surface area contributed by atoms with Crippen LogP contribution in [0.5, 0.6) is 5.75 Å². The van der Waals surface area contributed by atoms with Crippen LogP contribution in [0.25, 0.3) is 11.3 Å². The topological polar surface area (TPSA) is 48.7 Å². The molecule has 210 valence electrons. The fourth-order valence-electron chi connectivity index (χ4n) is 4.15. The first-order valence-corrected chi connectivity index (χ1v) is 14.0. The highest BCUT2D eigenvalue weighted by Crippen LogP contribution is 2.35. The third-order valence-electron chi connectivity index (χ3n) is 6.35. The summed E-state index contributed by atoms with van der Waals surface area (Å²) >= 11 is 1.63. The minimum Gasteiger partial charge on any atom is -0.482 e. The van der Waals surface area contributed by atoms with Crippen molar-refractivity contribution in [3.05, 3.63) is 106 Å². The Morgan fingerprint density at radius 3 is 2.30 bits per heavy atom. The summed E-state index contributed by atoms with van der Waals surface area (Å²) in [5, 5.41) is 0. The van der Waals surface area contributed by atoms with Crippen molar-refractivity contribution < 1.29 is 31.9 Å². The lowest BCUT2D eigenvalue weighted by Gasteiger charge is -2.10. The zero-order valence-electron chi connectivity index (χ0n) is 22.6. The van der Waals surface area contributed by atoms with E-state index in [-0.39, 0.29) is 6.61 Å². The van der Waals surface area contributed by atoms with Gasteiger partial charge in [0.1, 0.15) is 17.3 Å². The average Bonchev–Trinajstić information content (AvgIpc) is 3.34. The summed E-state index contributed by atoms with van der Waals surface area (Å²) in [5.41, 5.74) is 4.17. The van der Waals surface area contributed by atoms with Crippen molar-refractivity contribution in [1.29, 1.82) is 0 Å². The van der Waals surface area contributed by atoms with Crippen LogP contribution >= 0.6 is 11.8 Å². The zero-order valence-corrected chi connectivity index (χ0v) is 23.5. The normalized spacial score (nSPS) is 11.4. The molecule has 0 aliphatic rings. The van der Waals surface area contributed by atoms with Crippen molar-refractivity contribution in [3.63, 3.8) is 0 Å². The van der Waals surface area contributed by atoms with E-state index >= 15 is 0 Å². The maximum Gasteiger partial charge on any atom is 0.416 e. The first-order valence-electron chi connectivity index (χ1n) is 13.0. The van der Waals surface area contributed by atoms with Gasteiger partial charge >= 0.3 is 12.1 Å². The molecule has 0 fully saturated rings. The van der Waals surface area contributed by atoms with E-state index < -0.39 is 17.7 Å². The van der Waals surface area contributed by atoms with Crippen LogP contribution in [0.1, 0.15) is 40.5 Å². The second-order valence-corrected chi connectivity index (χ2v) is 10.5. The first kappa shape index (κ1) is 29.3. The summed E-state index contributed by atoms with van der Waals surface area (Å²) in [4.78, 5) is 12.6. The van der Waals surface area contributed by atoms with Gasteiger partial charge in [0.25, 0.3) is 0 Å². The summed E-state index contributed by atoms with van der Waals surface area (Å²) in [6, 6.07) is 21.1. The summed E-state index contributed by atoms with van der Waals surface area (Å²) < 4.78 is 55.8. The molecule has 4 aromatic rings. The van der Waals surface area contributed by atoms with Crippen LogP contribution in [-0.4, -0.2) is 19.2 Å². The Balaban J connectivity index is 1.50. The summed E-state index contributed by atoms with van der Waals surface area (Å²) in [5.74, 6) is 2.18. The van der Waals surface area contributed by atoms with Crippen molar-refractivity contribution in [2.24, 2.45) is 0 Å². The number of ether oxygens (including phenoxy) is 2. The zero-order chi connectivity index (χ0) is 28.7. The third-order valence-corrected chi connectivity index (χ3v) is 7.39. The predicted molar refractivity (Wildman–Crippen MR) is 151 cm³/mol. The number of furan rings is 1. The number of thioether (sulfide) groups is 1. The Morgan fingerprint density at radius 1 is 0.925 bits per heavy atom. The van der Waals surface area contributed by atoms with Gasteiger partial charge in [-0.05, 0) is 74.7 Å². The molecule has 0 amide bonds. The van der Waals surface area contributed by atoms with Gasteiger partial charge in [0, 0.05) is 28.2 Å². The molecule has 0 aliphatic heterocycles. The number of benzene rings is 3. The molecule has 1 aromatic heterocycles. The Hall–Kier alpha value is -3.65. The molecule has 4 nitrogen and oxygen atoms in total. The predicted octanol–water partition coefficient (Wildman–Crippen LogP) is 8.60. The van der Waals surface area contributed by atoms with E-state index in [1.165, 1.54) is 23.3 Å². The summed E-state index contributed by atoms with van der Waals surface area (Å²) in [7, 11) is 0. The number of carbonyl (C=O) groups is 1. The van der Waals surface area contributed by atoms with Gasteiger partial charge in [0.05, 0.1) is 12.2 Å². The Labute approximate surface area is 236 Å². The van der Waals surface area contributed by atoms with E-state index in [4.69, 9.17) is 13.9 Å². The molecule has 40 heavy (non-hydrogen) atoms. The molecule has 0 atom stereocenters. The summed E-state index contributed by atoms with van der Waals surface area (Å²) in [6.45, 7) is 5.86. The lowest BCUT2D eigenvalue weighted by atomic mass is 10.1. The Kier molecular flexibility index (Phi) is 9.63. The van der Waals surface area contributed by atoms with E-state index in [2.05, 4.69) is 24.3 Å². The van der Waals surface area contributed by atoms with Gasteiger partial charge in [-0.15, -0.1) is 11.8 Å².